The van der Waals surface area contributed by atoms with E-state index in [4.69, 9.17) is 4.74 Å². The monoisotopic (exact) mass is 285 g/mol. The van der Waals surface area contributed by atoms with Gasteiger partial charge in [0.2, 0.25) is 0 Å². The van der Waals surface area contributed by atoms with Gasteiger partial charge in [-0.15, -0.1) is 0 Å². The Kier molecular flexibility index (Phi) is 4.77. The second kappa shape index (κ2) is 6.74. The van der Waals surface area contributed by atoms with Crippen LogP contribution in [0.1, 0.15) is 18.1 Å². The number of nitrogens with zero attached hydrogens (tertiary/aromatic N) is 1. The van der Waals surface area contributed by atoms with Gasteiger partial charge in [0.05, 0.1) is 18.5 Å². The predicted octanol–water partition coefficient (Wildman–Crippen LogP) is 4.01. The topological polar surface area (TPSA) is 63.2 Å². The Labute approximate surface area is 124 Å². The van der Waals surface area contributed by atoms with Crippen LogP contribution in [0.3, 0.4) is 0 Å². The summed E-state index contributed by atoms with van der Waals surface area (Å²) >= 11 is 0. The first kappa shape index (κ1) is 14.8. The zero-order valence-corrected chi connectivity index (χ0v) is 12.4. The number of pyridine rings is 1. The molecule has 2 rings (SSSR count). The van der Waals surface area contributed by atoms with Crippen molar-refractivity contribution in [2.75, 3.05) is 17.2 Å². The summed E-state index contributed by atoms with van der Waals surface area (Å²) in [5.74, 6) is 0.458. The molecule has 110 valence electrons. The molecule has 0 radical (unpaired) electrons. The van der Waals surface area contributed by atoms with Crippen LogP contribution in [0.2, 0.25) is 0 Å². The number of carbonyl (C=O) groups excluding carboxylic acids is 1. The van der Waals surface area contributed by atoms with E-state index in [9.17, 15) is 4.79 Å². The summed E-state index contributed by atoms with van der Waals surface area (Å²) in [6.07, 6.45) is 1.17. The zero-order valence-electron chi connectivity index (χ0n) is 12.4. The van der Waals surface area contributed by atoms with Gasteiger partial charge in [-0.05, 0) is 44.5 Å². The quantitative estimate of drug-likeness (QED) is 0.891. The SMILES string of the molecule is CCOC(=O)Nc1ccc(Nc2ccc(C)cc2C)cn1. The molecule has 0 aliphatic heterocycles. The van der Waals surface area contributed by atoms with Gasteiger partial charge in [0.1, 0.15) is 5.82 Å². The number of nitrogens with one attached hydrogen (secondary N) is 2. The molecule has 1 aromatic heterocycles. The number of hydrogen-bond donors (Lipinski definition) is 2. The lowest BCUT2D eigenvalue weighted by atomic mass is 10.1. The molecule has 2 N–H and O–H groups in total. The standard InChI is InChI=1S/C16H19N3O2/c1-4-21-16(20)19-15-8-6-13(10-17-15)18-14-7-5-11(2)9-12(14)3/h5-10,18H,4H2,1-3H3,(H,17,19,20). The first-order valence-electron chi connectivity index (χ1n) is 6.82. The van der Waals surface area contributed by atoms with Gasteiger partial charge in [0, 0.05) is 5.69 Å². The number of rotatable bonds is 4. The minimum atomic E-state index is -0.500. The van der Waals surface area contributed by atoms with Gasteiger partial charge < -0.3 is 10.1 Å². The number of ether oxygens (including phenoxy) is 1. The minimum Gasteiger partial charge on any atom is -0.450 e. The summed E-state index contributed by atoms with van der Waals surface area (Å²) in [5.41, 5.74) is 4.29. The fourth-order valence-corrected chi connectivity index (χ4v) is 1.92. The molecule has 5 heteroatoms. The molecule has 1 amide bonds. The van der Waals surface area contributed by atoms with Gasteiger partial charge in [0.15, 0.2) is 0 Å². The maximum Gasteiger partial charge on any atom is 0.412 e. The van der Waals surface area contributed by atoms with Gasteiger partial charge >= 0.3 is 6.09 Å². The van der Waals surface area contributed by atoms with Crippen LogP contribution in [0.15, 0.2) is 36.5 Å². The number of hydrogen-bond acceptors (Lipinski definition) is 4. The lowest BCUT2D eigenvalue weighted by molar-refractivity contribution is 0.168. The van der Waals surface area contributed by atoms with Crippen LogP contribution in [0.4, 0.5) is 22.0 Å². The molecular formula is C16H19N3O2. The van der Waals surface area contributed by atoms with Crippen LogP contribution in [0.5, 0.6) is 0 Å². The van der Waals surface area contributed by atoms with Gasteiger partial charge in [-0.25, -0.2) is 9.78 Å². The summed E-state index contributed by atoms with van der Waals surface area (Å²) < 4.78 is 4.79. The summed E-state index contributed by atoms with van der Waals surface area (Å²) in [7, 11) is 0. The summed E-state index contributed by atoms with van der Waals surface area (Å²) in [6.45, 7) is 6.20. The van der Waals surface area contributed by atoms with Crippen molar-refractivity contribution in [1.29, 1.82) is 0 Å². The first-order valence-corrected chi connectivity index (χ1v) is 6.82. The Balaban J connectivity index is 2.03. The zero-order chi connectivity index (χ0) is 15.2. The summed E-state index contributed by atoms with van der Waals surface area (Å²) in [4.78, 5) is 15.4. The molecule has 1 heterocycles. The Morgan fingerprint density at radius 1 is 1.24 bits per heavy atom. The lowest BCUT2D eigenvalue weighted by Crippen LogP contribution is -2.14. The molecule has 1 aromatic carbocycles. The number of aromatic nitrogens is 1. The molecule has 0 aliphatic carbocycles. The third-order valence-corrected chi connectivity index (χ3v) is 2.93. The van der Waals surface area contributed by atoms with Gasteiger partial charge in [-0.3, -0.25) is 5.32 Å². The Morgan fingerprint density at radius 3 is 2.67 bits per heavy atom. The van der Waals surface area contributed by atoms with Crippen molar-refractivity contribution in [3.8, 4) is 0 Å². The van der Waals surface area contributed by atoms with E-state index in [0.717, 1.165) is 11.4 Å². The molecule has 0 unspecified atom stereocenters. The van der Waals surface area contributed by atoms with Gasteiger partial charge in [0.25, 0.3) is 0 Å². The number of amides is 1. The third-order valence-electron chi connectivity index (χ3n) is 2.93. The van der Waals surface area contributed by atoms with E-state index in [1.54, 1.807) is 19.2 Å². The predicted molar refractivity (Wildman–Crippen MR) is 84.1 cm³/mol. The van der Waals surface area contributed by atoms with E-state index in [0.29, 0.717) is 12.4 Å². The molecule has 0 saturated carbocycles. The largest absolute Gasteiger partial charge is 0.450 e. The average Bonchev–Trinajstić information content (AvgIpc) is 2.44. The number of carbonyl (C=O) groups is 1. The fraction of sp³-hybridized carbons (Fsp3) is 0.250. The van der Waals surface area contributed by atoms with Crippen LogP contribution in [-0.2, 0) is 4.74 Å². The second-order valence-corrected chi connectivity index (χ2v) is 4.72. The van der Waals surface area contributed by atoms with E-state index in [2.05, 4.69) is 41.6 Å². The Hall–Kier alpha value is -2.56. The maximum atomic E-state index is 11.3. The minimum absolute atomic E-state index is 0.332. The van der Waals surface area contributed by atoms with Crippen LogP contribution in [0, 0.1) is 13.8 Å². The molecule has 0 aliphatic rings. The van der Waals surface area contributed by atoms with Crippen molar-refractivity contribution in [3.05, 3.63) is 47.7 Å². The number of anilines is 3. The summed E-state index contributed by atoms with van der Waals surface area (Å²) in [6, 6.07) is 9.79. The van der Waals surface area contributed by atoms with E-state index in [1.165, 1.54) is 11.1 Å². The Morgan fingerprint density at radius 2 is 2.05 bits per heavy atom. The second-order valence-electron chi connectivity index (χ2n) is 4.72. The van der Waals surface area contributed by atoms with Crippen molar-refractivity contribution < 1.29 is 9.53 Å². The molecular weight excluding hydrogens is 266 g/mol. The van der Waals surface area contributed by atoms with Crippen molar-refractivity contribution in [3.63, 3.8) is 0 Å². The smallest absolute Gasteiger partial charge is 0.412 e. The molecule has 0 fully saturated rings. The molecule has 0 bridgehead atoms. The third kappa shape index (κ3) is 4.21. The first-order chi connectivity index (χ1) is 10.1. The van der Waals surface area contributed by atoms with E-state index in [1.807, 2.05) is 12.1 Å². The van der Waals surface area contributed by atoms with Crippen LogP contribution < -0.4 is 10.6 Å². The maximum absolute atomic E-state index is 11.3. The highest BCUT2D eigenvalue weighted by Gasteiger charge is 2.04. The van der Waals surface area contributed by atoms with Gasteiger partial charge in [-0.2, -0.15) is 0 Å². The van der Waals surface area contributed by atoms with E-state index in [-0.39, 0.29) is 0 Å². The van der Waals surface area contributed by atoms with Crippen molar-refractivity contribution in [2.24, 2.45) is 0 Å². The number of benzene rings is 1. The molecule has 0 atom stereocenters. The van der Waals surface area contributed by atoms with E-state index >= 15 is 0 Å². The highest BCUT2D eigenvalue weighted by Crippen LogP contribution is 2.21. The number of aryl methyl sites for hydroxylation is 2. The fourth-order valence-electron chi connectivity index (χ4n) is 1.92. The van der Waals surface area contributed by atoms with Crippen molar-refractivity contribution >= 4 is 23.3 Å². The van der Waals surface area contributed by atoms with E-state index < -0.39 is 6.09 Å². The molecule has 0 saturated heterocycles. The normalized spacial score (nSPS) is 10.0. The Bertz CT molecular complexity index is 624. The van der Waals surface area contributed by atoms with Crippen LogP contribution in [-0.4, -0.2) is 17.7 Å². The molecule has 0 spiro atoms. The molecule has 21 heavy (non-hydrogen) atoms. The van der Waals surface area contributed by atoms with Gasteiger partial charge in [-0.1, -0.05) is 17.7 Å². The van der Waals surface area contributed by atoms with Crippen LogP contribution in [0.25, 0.3) is 0 Å². The lowest BCUT2D eigenvalue weighted by Gasteiger charge is -2.10. The van der Waals surface area contributed by atoms with Crippen LogP contribution >= 0.6 is 0 Å². The highest BCUT2D eigenvalue weighted by atomic mass is 16.5. The average molecular weight is 285 g/mol. The molecule has 5 nitrogen and oxygen atoms in total. The van der Waals surface area contributed by atoms with Crippen molar-refractivity contribution in [2.45, 2.75) is 20.8 Å². The highest BCUT2D eigenvalue weighted by molar-refractivity contribution is 5.83. The van der Waals surface area contributed by atoms with Crippen molar-refractivity contribution in [1.82, 2.24) is 4.98 Å². The molecule has 2 aromatic rings. The summed E-state index contributed by atoms with van der Waals surface area (Å²) in [5, 5.41) is 5.85.